The van der Waals surface area contributed by atoms with Gasteiger partial charge in [-0.15, -0.1) is 0 Å². The number of hydrogen-bond donors (Lipinski definition) is 1. The van der Waals surface area contributed by atoms with Crippen LogP contribution >= 0.6 is 0 Å². The first-order valence-electron chi connectivity index (χ1n) is 38.8. The highest BCUT2D eigenvalue weighted by molar-refractivity contribution is 7.87. The van der Waals surface area contributed by atoms with E-state index >= 15 is 0 Å². The van der Waals surface area contributed by atoms with Crippen LogP contribution in [0, 0.1) is 94.7 Å². The molecule has 0 radical (unpaired) electrons. The summed E-state index contributed by atoms with van der Waals surface area (Å²) in [6.45, 7) is 30.4. The van der Waals surface area contributed by atoms with Crippen LogP contribution in [0.4, 0.5) is 0 Å². The topological polar surface area (TPSA) is 353 Å². The van der Waals surface area contributed by atoms with Crippen molar-refractivity contribution in [2.75, 3.05) is 33.0 Å². The molecule has 0 aromatic rings. The number of ether oxygens (including phenoxy) is 11. The Morgan fingerprint density at radius 2 is 0.917 bits per heavy atom. The molecule has 12 unspecified atom stereocenters. The summed E-state index contributed by atoms with van der Waals surface area (Å²) >= 11 is 0. The minimum atomic E-state index is -3.56. The van der Waals surface area contributed by atoms with Gasteiger partial charge in [0, 0.05) is 58.0 Å². The van der Waals surface area contributed by atoms with Crippen LogP contribution in [0.1, 0.15) is 197 Å². The van der Waals surface area contributed by atoms with E-state index in [1.165, 1.54) is 65.7 Å². The highest BCUT2D eigenvalue weighted by Crippen LogP contribution is 2.64. The van der Waals surface area contributed by atoms with E-state index in [1.807, 2.05) is 6.92 Å². The van der Waals surface area contributed by atoms with E-state index in [0.29, 0.717) is 71.8 Å². The minimum Gasteiger partial charge on any atom is -0.462 e. The highest BCUT2D eigenvalue weighted by Gasteiger charge is 2.67. The van der Waals surface area contributed by atoms with E-state index in [2.05, 4.69) is 51.5 Å². The Labute approximate surface area is 632 Å². The zero-order chi connectivity index (χ0) is 78.4. The predicted octanol–water partition coefficient (Wildman–Crippen LogP) is 9.63. The van der Waals surface area contributed by atoms with Gasteiger partial charge in [-0.2, -0.15) is 8.42 Å². The van der Waals surface area contributed by atoms with Gasteiger partial charge in [0.2, 0.25) is 0 Å². The molecular weight excluding hydrogens is 1420 g/mol. The lowest BCUT2D eigenvalue weighted by molar-refractivity contribution is -0.221. The molecule has 2 saturated heterocycles. The van der Waals surface area contributed by atoms with Crippen LogP contribution in [0.25, 0.3) is 0 Å². The van der Waals surface area contributed by atoms with Crippen LogP contribution in [0.3, 0.4) is 0 Å². The lowest BCUT2D eigenvalue weighted by Gasteiger charge is -2.61. The molecule has 2 aliphatic heterocycles. The monoisotopic (exact) mass is 1530 g/mol. The van der Waals surface area contributed by atoms with E-state index < -0.39 is 118 Å². The molecule has 108 heavy (non-hydrogen) atoms. The summed E-state index contributed by atoms with van der Waals surface area (Å²) in [6.07, 6.45) is 18.4. The van der Waals surface area contributed by atoms with Gasteiger partial charge in [-0.25, -0.2) is 38.4 Å². The molecule has 0 aromatic carbocycles. The maximum atomic E-state index is 12.2. The Hall–Kier alpha value is -7.26. The highest BCUT2D eigenvalue weighted by atomic mass is 32.2. The van der Waals surface area contributed by atoms with Crippen molar-refractivity contribution in [1.82, 2.24) is 0 Å². The Balaban J connectivity index is 0.000000136. The lowest BCUT2D eigenvalue weighted by Crippen LogP contribution is -2.62. The third-order valence-corrected chi connectivity index (χ3v) is 28.0. The fourth-order valence-electron chi connectivity index (χ4n) is 22.4. The van der Waals surface area contributed by atoms with Crippen LogP contribution < -0.4 is 0 Å². The molecule has 12 atom stereocenters. The first-order valence-corrected chi connectivity index (χ1v) is 40.3. The van der Waals surface area contributed by atoms with Crippen molar-refractivity contribution >= 4 is 75.8 Å². The summed E-state index contributed by atoms with van der Waals surface area (Å²) in [4.78, 5) is 128. The van der Waals surface area contributed by atoms with Crippen molar-refractivity contribution in [2.24, 2.45) is 94.7 Å². The molecule has 0 spiro atoms. The molecule has 26 nitrogen and oxygen atoms in total. The van der Waals surface area contributed by atoms with Crippen molar-refractivity contribution in [3.05, 3.63) is 60.8 Å². The minimum absolute atomic E-state index is 0.0128. The van der Waals surface area contributed by atoms with Gasteiger partial charge in [0.15, 0.2) is 19.8 Å². The molecule has 16 bridgehead atoms. The van der Waals surface area contributed by atoms with Gasteiger partial charge in [-0.05, 0) is 229 Å². The third kappa shape index (κ3) is 17.9. The first-order chi connectivity index (χ1) is 50.8. The molecule has 16 saturated carbocycles. The Morgan fingerprint density at radius 3 is 1.44 bits per heavy atom. The largest absolute Gasteiger partial charge is 0.462 e. The zero-order valence-electron chi connectivity index (χ0n) is 63.8. The summed E-state index contributed by atoms with van der Waals surface area (Å²) in [6, 6.07) is 0. The van der Waals surface area contributed by atoms with Gasteiger partial charge < -0.3 is 57.2 Å². The van der Waals surface area contributed by atoms with E-state index in [-0.39, 0.29) is 102 Å². The van der Waals surface area contributed by atoms with Crippen LogP contribution in [0.15, 0.2) is 60.8 Å². The second-order valence-corrected chi connectivity index (χ2v) is 36.6. The number of carbonyl (C=O) groups excluding carboxylic acids is 11. The zero-order valence-corrected chi connectivity index (χ0v) is 64.6. The van der Waals surface area contributed by atoms with Crippen molar-refractivity contribution in [2.45, 2.75) is 249 Å². The molecule has 596 valence electrons. The summed E-state index contributed by atoms with van der Waals surface area (Å²) in [5.41, 5.74) is 0.0464. The number of fused-ring (bicyclic) bond motifs is 2. The first kappa shape index (κ1) is 81.7. The molecule has 0 amide bonds. The second kappa shape index (κ2) is 32.6. The molecule has 1 N–H and O–H groups in total. The van der Waals surface area contributed by atoms with Crippen LogP contribution in [-0.2, 0) is 119 Å². The Morgan fingerprint density at radius 1 is 0.472 bits per heavy atom. The maximum absolute atomic E-state index is 12.2. The predicted molar refractivity (Wildman–Crippen MR) is 382 cm³/mol. The standard InChI is InChI=1S/C19H26O6.C17H22O9S.C17H26O2.C14H16O6.C14H20O3/c1-11(2)18(22)24-9-16(20)23-10-17(21)25-19(3)14-5-12-4-13(7-14)8-15(19)6-12;1-9(2)17(20)24-6-5-23-13(18)3-4-14(19)25-15-10-7-11-12(8-10)27(21,22)26-16(11)15;1-10(2)16(18)19-17(11(3)4)14-6-12-5-13(8-14)9-15(17)7-12;1-6(2)13(16)18-5-10(15)19-11-7-3-8-9(4-7)14(17)20-12(8)11;1-9(2)12(15)17-14-6-10-3-11(7-14)5-13(16,4-10)8-14/h12-15H,1,4-10H2,2-3H3;10-12,15-16H,1,3-8H2,2H3;11-15H,1,5-9H2,2-4H3;7-9,11-12H,1,3-5H2,2H3;10-11,16H,1,3-8H2,2H3. The van der Waals surface area contributed by atoms with Gasteiger partial charge in [0.1, 0.15) is 54.4 Å². The van der Waals surface area contributed by atoms with E-state index in [0.717, 1.165) is 87.9 Å². The summed E-state index contributed by atoms with van der Waals surface area (Å²) in [5.74, 6) is 1.47. The third-order valence-electron chi connectivity index (χ3n) is 26.2. The molecule has 18 fully saturated rings. The average molecular weight is 1530 g/mol. The number of carbonyl (C=O) groups is 11. The summed E-state index contributed by atoms with van der Waals surface area (Å²) < 4.78 is 86.3. The van der Waals surface area contributed by atoms with Crippen molar-refractivity contribution in [1.29, 1.82) is 0 Å². The summed E-state index contributed by atoms with van der Waals surface area (Å²) in [7, 11) is -3.56. The number of rotatable bonds is 23. The van der Waals surface area contributed by atoms with E-state index in [4.69, 9.17) is 51.6 Å². The quantitative estimate of drug-likeness (QED) is 0.0327. The smallest absolute Gasteiger partial charge is 0.344 e. The van der Waals surface area contributed by atoms with Crippen LogP contribution in [-0.4, -0.2) is 164 Å². The maximum Gasteiger partial charge on any atom is 0.344 e. The fourth-order valence-corrected chi connectivity index (χ4v) is 24.2. The van der Waals surface area contributed by atoms with Crippen LogP contribution in [0.5, 0.6) is 0 Å². The second-order valence-electron chi connectivity index (χ2n) is 34.8. The lowest BCUT2D eigenvalue weighted by atomic mass is 9.47. The molecule has 16 aliphatic carbocycles. The SMILES string of the molecule is C=C(C)C(=O)OC1(C(C)C)C2CC3CC(C2)CC1C3.C=C(C)C(=O)OC12CC3CC(CC(O)(C3)C1)C2.C=C(C)C(=O)OCC(=O)OC1C2CC3C(=O)OC1C3C2.C=C(C)C(=O)OCC(=O)OCC(=O)OC1(C)C2CC3CC(C2)CC1C3.C=C(C)C(=O)OCCOC(=O)CCC(=O)OC1C2CC3C1OS(=O)(=O)C3C2. The molecule has 27 heteroatoms. The van der Waals surface area contributed by atoms with Crippen molar-refractivity contribution < 1.29 is 123 Å². The number of hydrogen-bond acceptors (Lipinski definition) is 26. The van der Waals surface area contributed by atoms with E-state index in [9.17, 15) is 66.3 Å². The molecule has 18 aliphatic rings. The van der Waals surface area contributed by atoms with Gasteiger partial charge in [-0.1, -0.05) is 46.7 Å². The Kier molecular flexibility index (Phi) is 24.7. The van der Waals surface area contributed by atoms with Crippen molar-refractivity contribution in [3.63, 3.8) is 0 Å². The average Bonchev–Trinajstić information content (AvgIpc) is 1.22. The van der Waals surface area contributed by atoms with Crippen molar-refractivity contribution in [3.8, 4) is 0 Å². The number of esters is 11. The Bertz CT molecular complexity index is 3660. The number of aliphatic hydroxyl groups is 1. The fraction of sp³-hybridized carbons (Fsp3) is 0.741. The van der Waals surface area contributed by atoms with E-state index in [1.54, 1.807) is 13.8 Å². The molecule has 2 heterocycles. The molecule has 0 aromatic heterocycles. The van der Waals surface area contributed by atoms with Gasteiger partial charge in [-0.3, -0.25) is 18.6 Å². The van der Waals surface area contributed by atoms with Gasteiger partial charge >= 0.3 is 65.7 Å². The summed E-state index contributed by atoms with van der Waals surface area (Å²) in [5, 5.41) is 10.0. The van der Waals surface area contributed by atoms with Crippen LogP contribution in [0.2, 0.25) is 0 Å². The molecule has 18 rings (SSSR count). The van der Waals surface area contributed by atoms with Gasteiger partial charge in [0.25, 0.3) is 10.1 Å². The normalized spacial score (nSPS) is 38.0. The van der Waals surface area contributed by atoms with Gasteiger partial charge in [0.05, 0.1) is 29.6 Å². The molecular formula is C81H110O26S.